The normalized spacial score (nSPS) is 10.8. The Balaban J connectivity index is 2.08. The number of halogens is 1. The van der Waals surface area contributed by atoms with Gasteiger partial charge in [-0.1, -0.05) is 0 Å². The van der Waals surface area contributed by atoms with Gasteiger partial charge < -0.3 is 10.5 Å². The minimum Gasteiger partial charge on any atom is -0.436 e. The van der Waals surface area contributed by atoms with E-state index in [-0.39, 0.29) is 11.6 Å². The summed E-state index contributed by atoms with van der Waals surface area (Å²) in [6.45, 7) is 0. The zero-order chi connectivity index (χ0) is 13.4. The maximum Gasteiger partial charge on any atom is 0.233 e. The van der Waals surface area contributed by atoms with Gasteiger partial charge in [0, 0.05) is 13.1 Å². The number of hydrogen-bond acceptors (Lipinski definition) is 5. The lowest BCUT2D eigenvalue weighted by Gasteiger charge is -2.07. The quantitative estimate of drug-likeness (QED) is 0.711. The molecule has 0 spiro atoms. The van der Waals surface area contributed by atoms with Crippen LogP contribution in [0.3, 0.4) is 0 Å². The monoisotopic (exact) mass is 259 g/mol. The fourth-order valence-corrected chi connectivity index (χ4v) is 1.72. The highest BCUT2D eigenvalue weighted by Crippen LogP contribution is 2.30. The summed E-state index contributed by atoms with van der Waals surface area (Å²) in [6.07, 6.45) is 2.94. The van der Waals surface area contributed by atoms with Gasteiger partial charge in [0.15, 0.2) is 11.4 Å². The van der Waals surface area contributed by atoms with Crippen LogP contribution in [0.5, 0.6) is 11.6 Å². The van der Waals surface area contributed by atoms with E-state index in [0.29, 0.717) is 16.7 Å². The standard InChI is InChI=1S/C12H10FN5O/c1-18-11-8(5-17-18)12(16-6-15-11)19-10-4-7(13)2-3-9(10)14/h2-6H,14H2,1H3. The van der Waals surface area contributed by atoms with Crippen molar-refractivity contribution in [3.8, 4) is 11.6 Å². The van der Waals surface area contributed by atoms with Crippen LogP contribution < -0.4 is 10.5 Å². The third-order valence-electron chi connectivity index (χ3n) is 2.68. The number of anilines is 1. The minimum atomic E-state index is -0.430. The number of nitrogens with two attached hydrogens (primary N) is 1. The molecule has 2 N–H and O–H groups in total. The Bertz CT molecular complexity index is 755. The van der Waals surface area contributed by atoms with Crippen LogP contribution in [0.1, 0.15) is 0 Å². The Labute approximate surface area is 107 Å². The average Bonchev–Trinajstić information content (AvgIpc) is 2.77. The van der Waals surface area contributed by atoms with Crippen LogP contribution in [0.15, 0.2) is 30.7 Å². The van der Waals surface area contributed by atoms with E-state index < -0.39 is 5.82 Å². The van der Waals surface area contributed by atoms with Crippen molar-refractivity contribution in [2.75, 3.05) is 5.73 Å². The van der Waals surface area contributed by atoms with Crippen molar-refractivity contribution in [3.05, 3.63) is 36.5 Å². The Morgan fingerprint density at radius 2 is 2.16 bits per heavy atom. The molecule has 0 bridgehead atoms. The van der Waals surface area contributed by atoms with Crippen LogP contribution in [0, 0.1) is 5.82 Å². The molecule has 0 saturated carbocycles. The second-order valence-corrected chi connectivity index (χ2v) is 3.97. The maximum absolute atomic E-state index is 13.2. The molecule has 0 saturated heterocycles. The number of aryl methyl sites for hydroxylation is 1. The zero-order valence-electron chi connectivity index (χ0n) is 10.0. The fraction of sp³-hybridized carbons (Fsp3) is 0.0833. The second-order valence-electron chi connectivity index (χ2n) is 3.97. The Morgan fingerprint density at radius 1 is 1.32 bits per heavy atom. The lowest BCUT2D eigenvalue weighted by Crippen LogP contribution is -1.96. The summed E-state index contributed by atoms with van der Waals surface area (Å²) in [5.74, 6) is 0.0694. The molecule has 0 aliphatic heterocycles. The summed E-state index contributed by atoms with van der Waals surface area (Å²) in [6, 6.07) is 3.91. The van der Waals surface area contributed by atoms with Crippen LogP contribution in [0.4, 0.5) is 10.1 Å². The van der Waals surface area contributed by atoms with E-state index in [4.69, 9.17) is 10.5 Å². The first-order chi connectivity index (χ1) is 9.15. The van der Waals surface area contributed by atoms with Crippen LogP contribution in [0.25, 0.3) is 11.0 Å². The van der Waals surface area contributed by atoms with Gasteiger partial charge in [-0.15, -0.1) is 0 Å². The van der Waals surface area contributed by atoms with Crippen LogP contribution in [0.2, 0.25) is 0 Å². The molecule has 7 heteroatoms. The van der Waals surface area contributed by atoms with Gasteiger partial charge in [-0.05, 0) is 12.1 Å². The van der Waals surface area contributed by atoms with E-state index in [2.05, 4.69) is 15.1 Å². The van der Waals surface area contributed by atoms with Gasteiger partial charge in [0.1, 0.15) is 17.5 Å². The number of fused-ring (bicyclic) bond motifs is 1. The van der Waals surface area contributed by atoms with Crippen molar-refractivity contribution in [1.82, 2.24) is 19.7 Å². The average molecular weight is 259 g/mol. The number of nitrogens with zero attached hydrogens (tertiary/aromatic N) is 4. The molecule has 0 amide bonds. The molecule has 0 atom stereocenters. The number of nitrogen functional groups attached to an aromatic ring is 1. The van der Waals surface area contributed by atoms with Gasteiger partial charge in [0.05, 0.1) is 11.9 Å². The molecule has 3 rings (SSSR count). The fourth-order valence-electron chi connectivity index (χ4n) is 1.72. The molecule has 0 aliphatic carbocycles. The predicted molar refractivity (Wildman–Crippen MR) is 67.2 cm³/mol. The zero-order valence-corrected chi connectivity index (χ0v) is 10.0. The minimum absolute atomic E-state index is 0.212. The largest absolute Gasteiger partial charge is 0.436 e. The highest BCUT2D eigenvalue weighted by Gasteiger charge is 2.11. The van der Waals surface area contributed by atoms with E-state index in [1.807, 2.05) is 0 Å². The first kappa shape index (κ1) is 11.4. The van der Waals surface area contributed by atoms with Crippen LogP contribution in [-0.4, -0.2) is 19.7 Å². The number of ether oxygens (including phenoxy) is 1. The summed E-state index contributed by atoms with van der Waals surface area (Å²) in [4.78, 5) is 8.11. The van der Waals surface area contributed by atoms with Gasteiger partial charge in [-0.2, -0.15) is 5.10 Å². The number of rotatable bonds is 2. The number of benzene rings is 1. The van der Waals surface area contributed by atoms with Crippen molar-refractivity contribution in [3.63, 3.8) is 0 Å². The molecule has 1 aromatic carbocycles. The maximum atomic E-state index is 13.2. The summed E-state index contributed by atoms with van der Waals surface area (Å²) in [7, 11) is 1.76. The second kappa shape index (κ2) is 4.20. The molecule has 96 valence electrons. The molecule has 19 heavy (non-hydrogen) atoms. The SMILES string of the molecule is Cn1ncc2c(Oc3cc(F)ccc3N)ncnc21. The third-order valence-corrected chi connectivity index (χ3v) is 2.68. The van der Waals surface area contributed by atoms with Crippen LogP contribution >= 0.6 is 0 Å². The predicted octanol–water partition coefficient (Wildman–Crippen LogP) is 1.88. The summed E-state index contributed by atoms with van der Waals surface area (Å²) in [5.41, 5.74) is 6.69. The van der Waals surface area contributed by atoms with E-state index in [1.54, 1.807) is 17.9 Å². The van der Waals surface area contributed by atoms with Gasteiger partial charge in [-0.25, -0.2) is 14.4 Å². The molecule has 0 unspecified atom stereocenters. The van der Waals surface area contributed by atoms with Gasteiger partial charge in [0.25, 0.3) is 0 Å². The van der Waals surface area contributed by atoms with Crippen molar-refractivity contribution < 1.29 is 9.13 Å². The van der Waals surface area contributed by atoms with E-state index in [1.165, 1.54) is 24.5 Å². The van der Waals surface area contributed by atoms with E-state index >= 15 is 0 Å². The molecule has 2 heterocycles. The molecule has 3 aromatic rings. The third kappa shape index (κ3) is 1.95. The van der Waals surface area contributed by atoms with Crippen molar-refractivity contribution in [1.29, 1.82) is 0 Å². The molecule has 6 nitrogen and oxygen atoms in total. The van der Waals surface area contributed by atoms with Crippen LogP contribution in [-0.2, 0) is 7.05 Å². The lowest BCUT2D eigenvalue weighted by molar-refractivity contribution is 0.465. The van der Waals surface area contributed by atoms with Crippen molar-refractivity contribution in [2.24, 2.45) is 7.05 Å². The number of hydrogen-bond donors (Lipinski definition) is 1. The lowest BCUT2D eigenvalue weighted by atomic mass is 10.3. The highest BCUT2D eigenvalue weighted by molar-refractivity contribution is 5.80. The van der Waals surface area contributed by atoms with Crippen molar-refractivity contribution in [2.45, 2.75) is 0 Å². The highest BCUT2D eigenvalue weighted by atomic mass is 19.1. The first-order valence-corrected chi connectivity index (χ1v) is 5.51. The molecule has 0 radical (unpaired) electrons. The van der Waals surface area contributed by atoms with E-state index in [9.17, 15) is 4.39 Å². The summed E-state index contributed by atoms with van der Waals surface area (Å²) in [5, 5.41) is 4.70. The molecule has 0 fully saturated rings. The smallest absolute Gasteiger partial charge is 0.233 e. The Kier molecular flexibility index (Phi) is 2.52. The van der Waals surface area contributed by atoms with Gasteiger partial charge >= 0.3 is 0 Å². The topological polar surface area (TPSA) is 78.9 Å². The van der Waals surface area contributed by atoms with Crippen molar-refractivity contribution >= 4 is 16.7 Å². The molecule has 2 aromatic heterocycles. The molecular weight excluding hydrogens is 249 g/mol. The first-order valence-electron chi connectivity index (χ1n) is 5.51. The number of aromatic nitrogens is 4. The van der Waals surface area contributed by atoms with Gasteiger partial charge in [-0.3, -0.25) is 4.68 Å². The van der Waals surface area contributed by atoms with Gasteiger partial charge in [0.2, 0.25) is 5.88 Å². The Hall–Kier alpha value is -2.70. The summed E-state index contributed by atoms with van der Waals surface area (Å²) >= 11 is 0. The Morgan fingerprint density at radius 3 is 3.00 bits per heavy atom. The summed E-state index contributed by atoms with van der Waals surface area (Å²) < 4.78 is 20.3. The molecular formula is C12H10FN5O. The molecule has 0 aliphatic rings. The van der Waals surface area contributed by atoms with E-state index in [0.717, 1.165) is 0 Å².